The highest BCUT2D eigenvalue weighted by molar-refractivity contribution is 5.71. The molecule has 0 radical (unpaired) electrons. The van der Waals surface area contributed by atoms with E-state index in [9.17, 15) is 9.90 Å². The monoisotopic (exact) mass is 241 g/mol. The zero-order chi connectivity index (χ0) is 12.3. The minimum Gasteiger partial charge on any atom is -0.481 e. The van der Waals surface area contributed by atoms with Gasteiger partial charge in [-0.1, -0.05) is 19.3 Å². The SMILES string of the molecule is CC(C(=O)O)C1(C2CCCCC2)CNCCO1. The van der Waals surface area contributed by atoms with Crippen molar-refractivity contribution in [2.75, 3.05) is 19.7 Å². The van der Waals surface area contributed by atoms with Crippen LogP contribution in [0.4, 0.5) is 0 Å². The maximum atomic E-state index is 11.3. The number of aliphatic carboxylic acids is 1. The van der Waals surface area contributed by atoms with E-state index < -0.39 is 17.5 Å². The summed E-state index contributed by atoms with van der Waals surface area (Å²) in [6.07, 6.45) is 5.92. The molecular formula is C13H23NO3. The zero-order valence-electron chi connectivity index (χ0n) is 10.6. The molecule has 98 valence electrons. The fourth-order valence-electron chi connectivity index (χ4n) is 3.34. The lowest BCUT2D eigenvalue weighted by Gasteiger charge is -2.47. The quantitative estimate of drug-likeness (QED) is 0.788. The lowest BCUT2D eigenvalue weighted by atomic mass is 9.70. The van der Waals surface area contributed by atoms with Crippen LogP contribution in [-0.2, 0) is 9.53 Å². The number of hydrogen-bond donors (Lipinski definition) is 2. The Morgan fingerprint density at radius 2 is 2.12 bits per heavy atom. The standard InChI is InChI=1S/C13H23NO3/c1-10(12(15)16)13(9-14-7-8-17-13)11-5-3-2-4-6-11/h10-11,14H,2-9H2,1H3,(H,15,16). The van der Waals surface area contributed by atoms with Gasteiger partial charge >= 0.3 is 5.97 Å². The van der Waals surface area contributed by atoms with Crippen LogP contribution >= 0.6 is 0 Å². The molecule has 0 spiro atoms. The van der Waals surface area contributed by atoms with Crippen molar-refractivity contribution in [3.05, 3.63) is 0 Å². The van der Waals surface area contributed by atoms with Crippen LogP contribution in [0.1, 0.15) is 39.0 Å². The Kier molecular flexibility index (Phi) is 4.05. The number of nitrogens with one attached hydrogen (secondary N) is 1. The second-order valence-electron chi connectivity index (χ2n) is 5.38. The van der Waals surface area contributed by atoms with Crippen LogP contribution in [0.15, 0.2) is 0 Å². The van der Waals surface area contributed by atoms with Gasteiger partial charge in [0, 0.05) is 13.1 Å². The number of carboxylic acids is 1. The molecule has 17 heavy (non-hydrogen) atoms. The van der Waals surface area contributed by atoms with Crippen LogP contribution in [0.25, 0.3) is 0 Å². The molecule has 1 heterocycles. The summed E-state index contributed by atoms with van der Waals surface area (Å²) in [6, 6.07) is 0. The molecule has 2 N–H and O–H groups in total. The normalized spacial score (nSPS) is 33.2. The third kappa shape index (κ3) is 2.47. The molecule has 4 heteroatoms. The van der Waals surface area contributed by atoms with Crippen molar-refractivity contribution in [1.82, 2.24) is 5.32 Å². The summed E-state index contributed by atoms with van der Waals surface area (Å²) >= 11 is 0. The summed E-state index contributed by atoms with van der Waals surface area (Å²) in [7, 11) is 0. The Bertz CT molecular complexity index is 268. The molecule has 0 aromatic heterocycles. The molecule has 1 saturated carbocycles. The van der Waals surface area contributed by atoms with Gasteiger partial charge in [-0.15, -0.1) is 0 Å². The minimum atomic E-state index is -0.737. The Balaban J connectivity index is 2.18. The number of morpholine rings is 1. The molecule has 2 aliphatic rings. The lowest BCUT2D eigenvalue weighted by molar-refractivity contribution is -0.174. The van der Waals surface area contributed by atoms with Crippen LogP contribution in [-0.4, -0.2) is 36.4 Å². The maximum Gasteiger partial charge on any atom is 0.309 e. The van der Waals surface area contributed by atoms with E-state index in [1.165, 1.54) is 19.3 Å². The Labute approximate surface area is 103 Å². The van der Waals surface area contributed by atoms with Crippen LogP contribution in [0.5, 0.6) is 0 Å². The largest absolute Gasteiger partial charge is 0.481 e. The fourth-order valence-corrected chi connectivity index (χ4v) is 3.34. The van der Waals surface area contributed by atoms with E-state index >= 15 is 0 Å². The van der Waals surface area contributed by atoms with Crippen molar-refractivity contribution in [2.45, 2.75) is 44.6 Å². The van der Waals surface area contributed by atoms with Gasteiger partial charge in [0.25, 0.3) is 0 Å². The van der Waals surface area contributed by atoms with Gasteiger partial charge in [-0.05, 0) is 25.7 Å². The number of carbonyl (C=O) groups is 1. The van der Waals surface area contributed by atoms with Crippen LogP contribution in [0.2, 0.25) is 0 Å². The van der Waals surface area contributed by atoms with E-state index in [-0.39, 0.29) is 0 Å². The second-order valence-corrected chi connectivity index (χ2v) is 5.38. The topological polar surface area (TPSA) is 58.6 Å². The molecule has 2 unspecified atom stereocenters. The van der Waals surface area contributed by atoms with Crippen molar-refractivity contribution in [3.63, 3.8) is 0 Å². The van der Waals surface area contributed by atoms with Gasteiger partial charge < -0.3 is 15.2 Å². The molecule has 0 aromatic rings. The molecule has 0 aromatic carbocycles. The zero-order valence-corrected chi connectivity index (χ0v) is 10.6. The van der Waals surface area contributed by atoms with Crippen molar-refractivity contribution < 1.29 is 14.6 Å². The predicted molar refractivity (Wildman–Crippen MR) is 64.9 cm³/mol. The predicted octanol–water partition coefficient (Wildman–Crippen LogP) is 1.65. The molecule has 1 aliphatic heterocycles. The van der Waals surface area contributed by atoms with E-state index in [1.54, 1.807) is 6.92 Å². The summed E-state index contributed by atoms with van der Waals surface area (Å²) in [5, 5.41) is 12.6. The highest BCUT2D eigenvalue weighted by Gasteiger charge is 2.48. The van der Waals surface area contributed by atoms with Gasteiger partial charge in [0.15, 0.2) is 0 Å². The average Bonchev–Trinajstić information content (AvgIpc) is 2.39. The molecule has 0 bridgehead atoms. The molecule has 2 fully saturated rings. The summed E-state index contributed by atoms with van der Waals surface area (Å²) in [5.41, 5.74) is -0.482. The van der Waals surface area contributed by atoms with Gasteiger partial charge in [0.05, 0.1) is 18.1 Å². The van der Waals surface area contributed by atoms with Gasteiger partial charge in [0.1, 0.15) is 0 Å². The smallest absolute Gasteiger partial charge is 0.309 e. The number of carboxylic acid groups (broad SMARTS) is 1. The van der Waals surface area contributed by atoms with Gasteiger partial charge in [-0.25, -0.2) is 0 Å². The molecule has 0 amide bonds. The summed E-state index contributed by atoms with van der Waals surface area (Å²) in [6.45, 7) is 3.95. The first kappa shape index (κ1) is 12.8. The Morgan fingerprint density at radius 1 is 1.41 bits per heavy atom. The molecular weight excluding hydrogens is 218 g/mol. The Morgan fingerprint density at radius 3 is 2.65 bits per heavy atom. The molecule has 4 nitrogen and oxygen atoms in total. The first-order valence-electron chi connectivity index (χ1n) is 6.74. The summed E-state index contributed by atoms with van der Waals surface area (Å²) in [5.74, 6) is -0.771. The van der Waals surface area contributed by atoms with E-state index in [0.29, 0.717) is 19.1 Å². The van der Waals surface area contributed by atoms with E-state index in [4.69, 9.17) is 4.74 Å². The highest BCUT2D eigenvalue weighted by Crippen LogP contribution is 2.40. The highest BCUT2D eigenvalue weighted by atomic mass is 16.5. The second kappa shape index (κ2) is 5.36. The van der Waals surface area contributed by atoms with Gasteiger partial charge in [-0.3, -0.25) is 4.79 Å². The van der Waals surface area contributed by atoms with Gasteiger partial charge in [-0.2, -0.15) is 0 Å². The first-order valence-corrected chi connectivity index (χ1v) is 6.74. The van der Waals surface area contributed by atoms with Gasteiger partial charge in [0.2, 0.25) is 0 Å². The number of hydrogen-bond acceptors (Lipinski definition) is 3. The van der Waals surface area contributed by atoms with Crippen molar-refractivity contribution in [3.8, 4) is 0 Å². The van der Waals surface area contributed by atoms with Crippen molar-refractivity contribution in [1.29, 1.82) is 0 Å². The molecule has 2 rings (SSSR count). The van der Waals surface area contributed by atoms with E-state index in [0.717, 1.165) is 19.4 Å². The lowest BCUT2D eigenvalue weighted by Crippen LogP contribution is -2.60. The summed E-state index contributed by atoms with van der Waals surface area (Å²) < 4.78 is 5.98. The van der Waals surface area contributed by atoms with Crippen LogP contribution in [0.3, 0.4) is 0 Å². The number of ether oxygens (including phenoxy) is 1. The fraction of sp³-hybridized carbons (Fsp3) is 0.923. The van der Waals surface area contributed by atoms with E-state index in [2.05, 4.69) is 5.32 Å². The first-order chi connectivity index (χ1) is 8.17. The van der Waals surface area contributed by atoms with Crippen molar-refractivity contribution >= 4 is 5.97 Å². The number of rotatable bonds is 3. The third-order valence-corrected chi connectivity index (χ3v) is 4.45. The molecule has 1 saturated heterocycles. The van der Waals surface area contributed by atoms with Crippen LogP contribution < -0.4 is 5.32 Å². The molecule has 1 aliphatic carbocycles. The van der Waals surface area contributed by atoms with E-state index in [1.807, 2.05) is 0 Å². The molecule has 2 atom stereocenters. The van der Waals surface area contributed by atoms with Crippen LogP contribution in [0, 0.1) is 11.8 Å². The Hall–Kier alpha value is -0.610. The van der Waals surface area contributed by atoms with Crippen molar-refractivity contribution in [2.24, 2.45) is 11.8 Å². The summed E-state index contributed by atoms with van der Waals surface area (Å²) in [4.78, 5) is 11.3. The maximum absolute atomic E-state index is 11.3. The minimum absolute atomic E-state index is 0.398. The third-order valence-electron chi connectivity index (χ3n) is 4.45. The average molecular weight is 241 g/mol.